The highest BCUT2D eigenvalue weighted by molar-refractivity contribution is 8.14. The minimum absolute atomic E-state index is 0.0649. The van der Waals surface area contributed by atoms with Gasteiger partial charge in [0.15, 0.2) is 5.12 Å². The van der Waals surface area contributed by atoms with Gasteiger partial charge < -0.3 is 10.1 Å². The molecule has 0 saturated heterocycles. The lowest BCUT2D eigenvalue weighted by Gasteiger charge is -2.05. The molecule has 0 radical (unpaired) electrons. The van der Waals surface area contributed by atoms with Crippen LogP contribution in [0.15, 0.2) is 24.3 Å². The Balaban J connectivity index is 2.46. The normalized spacial score (nSPS) is 9.62. The van der Waals surface area contributed by atoms with E-state index in [9.17, 15) is 9.59 Å². The van der Waals surface area contributed by atoms with E-state index in [0.717, 1.165) is 17.5 Å². The third-order valence-electron chi connectivity index (χ3n) is 1.78. The first kappa shape index (κ1) is 12.6. The Bertz CT molecular complexity index is 375. The lowest BCUT2D eigenvalue weighted by Crippen LogP contribution is -2.14. The van der Waals surface area contributed by atoms with E-state index < -0.39 is 0 Å². The van der Waals surface area contributed by atoms with Gasteiger partial charge in [-0.3, -0.25) is 9.59 Å². The number of amides is 1. The summed E-state index contributed by atoms with van der Waals surface area (Å²) < 4.78 is 4.99. The van der Waals surface area contributed by atoms with Gasteiger partial charge in [0.05, 0.1) is 12.9 Å². The largest absolute Gasteiger partial charge is 0.497 e. The molecule has 4 nitrogen and oxygen atoms in total. The number of anilines is 1. The van der Waals surface area contributed by atoms with Crippen LogP contribution in [0.4, 0.5) is 5.69 Å². The van der Waals surface area contributed by atoms with Crippen molar-refractivity contribution in [3.05, 3.63) is 24.3 Å². The zero-order chi connectivity index (χ0) is 12.0. The Morgan fingerprint density at radius 1 is 1.31 bits per heavy atom. The van der Waals surface area contributed by atoms with Crippen LogP contribution in [0.3, 0.4) is 0 Å². The maximum Gasteiger partial charge on any atom is 0.234 e. The number of benzene rings is 1. The number of nitrogens with one attached hydrogen (secondary N) is 1. The molecule has 1 aromatic rings. The average molecular weight is 239 g/mol. The fourth-order valence-corrected chi connectivity index (χ4v) is 1.45. The topological polar surface area (TPSA) is 55.4 Å². The number of carbonyl (C=O) groups is 2. The third-order valence-corrected chi connectivity index (χ3v) is 2.59. The summed E-state index contributed by atoms with van der Waals surface area (Å²) in [4.78, 5) is 22.0. The molecule has 0 aliphatic heterocycles. The standard InChI is InChI=1S/C11H13NO3S/c1-8(13)16-7-11(14)12-9-3-5-10(15-2)6-4-9/h3-6H,7H2,1-2H3,(H,12,14). The summed E-state index contributed by atoms with van der Waals surface area (Å²) in [6.45, 7) is 1.44. The van der Waals surface area contributed by atoms with Crippen molar-refractivity contribution in [2.75, 3.05) is 18.2 Å². The smallest absolute Gasteiger partial charge is 0.234 e. The molecule has 16 heavy (non-hydrogen) atoms. The van der Waals surface area contributed by atoms with Crippen molar-refractivity contribution in [1.29, 1.82) is 0 Å². The molecule has 0 bridgehead atoms. The maximum absolute atomic E-state index is 11.4. The molecule has 0 unspecified atom stereocenters. The second kappa shape index (κ2) is 6.17. The second-order valence-electron chi connectivity index (χ2n) is 3.06. The summed E-state index contributed by atoms with van der Waals surface area (Å²) in [7, 11) is 1.58. The molecule has 0 saturated carbocycles. The van der Waals surface area contributed by atoms with Crippen LogP contribution < -0.4 is 10.1 Å². The molecule has 5 heteroatoms. The summed E-state index contributed by atoms with van der Waals surface area (Å²) in [5.74, 6) is 0.683. The van der Waals surface area contributed by atoms with Crippen LogP contribution >= 0.6 is 11.8 Å². The van der Waals surface area contributed by atoms with Gasteiger partial charge in [-0.15, -0.1) is 0 Å². The molecular formula is C11H13NO3S. The third kappa shape index (κ3) is 4.35. The first-order chi connectivity index (χ1) is 7.61. The van der Waals surface area contributed by atoms with Crippen LogP contribution in [0, 0.1) is 0 Å². The molecule has 1 aromatic carbocycles. The molecule has 0 heterocycles. The van der Waals surface area contributed by atoms with Gasteiger partial charge in [-0.1, -0.05) is 11.8 Å². The van der Waals surface area contributed by atoms with Crippen molar-refractivity contribution in [2.45, 2.75) is 6.92 Å². The SMILES string of the molecule is COc1ccc(NC(=O)CSC(C)=O)cc1. The van der Waals surface area contributed by atoms with Crippen molar-refractivity contribution in [3.8, 4) is 5.75 Å². The number of carbonyl (C=O) groups excluding carboxylic acids is 2. The van der Waals surface area contributed by atoms with Gasteiger partial charge in [-0.2, -0.15) is 0 Å². The van der Waals surface area contributed by atoms with Gasteiger partial charge in [0.1, 0.15) is 5.75 Å². The lowest BCUT2D eigenvalue weighted by molar-refractivity contribution is -0.114. The predicted octanol–water partition coefficient (Wildman–Crippen LogP) is 1.91. The highest BCUT2D eigenvalue weighted by atomic mass is 32.2. The lowest BCUT2D eigenvalue weighted by atomic mass is 10.3. The summed E-state index contributed by atoms with van der Waals surface area (Å²) in [6, 6.07) is 7.01. The van der Waals surface area contributed by atoms with Crippen molar-refractivity contribution in [2.24, 2.45) is 0 Å². The van der Waals surface area contributed by atoms with Crippen molar-refractivity contribution in [1.82, 2.24) is 0 Å². The van der Waals surface area contributed by atoms with Crippen molar-refractivity contribution in [3.63, 3.8) is 0 Å². The molecule has 0 fully saturated rings. The summed E-state index contributed by atoms with van der Waals surface area (Å²) in [6.07, 6.45) is 0. The monoisotopic (exact) mass is 239 g/mol. The van der Waals surface area contributed by atoms with Gasteiger partial charge in [-0.05, 0) is 24.3 Å². The van der Waals surface area contributed by atoms with Gasteiger partial charge in [0, 0.05) is 12.6 Å². The zero-order valence-electron chi connectivity index (χ0n) is 9.15. The molecule has 0 atom stereocenters. The minimum atomic E-state index is -0.189. The van der Waals surface area contributed by atoms with E-state index in [-0.39, 0.29) is 16.8 Å². The van der Waals surface area contributed by atoms with Gasteiger partial charge in [0.2, 0.25) is 5.91 Å². The van der Waals surface area contributed by atoms with Crippen LogP contribution in [0.5, 0.6) is 5.75 Å². The van der Waals surface area contributed by atoms with E-state index in [0.29, 0.717) is 5.69 Å². The molecule has 1 rings (SSSR count). The molecule has 0 aliphatic carbocycles. The zero-order valence-corrected chi connectivity index (χ0v) is 9.97. The van der Waals surface area contributed by atoms with Crippen molar-refractivity contribution >= 4 is 28.5 Å². The van der Waals surface area contributed by atoms with Crippen molar-refractivity contribution < 1.29 is 14.3 Å². The number of hydrogen-bond donors (Lipinski definition) is 1. The van der Waals surface area contributed by atoms with E-state index >= 15 is 0 Å². The van der Waals surface area contributed by atoms with E-state index in [1.807, 2.05) is 0 Å². The minimum Gasteiger partial charge on any atom is -0.497 e. The fraction of sp³-hybridized carbons (Fsp3) is 0.273. The summed E-state index contributed by atoms with van der Waals surface area (Å²) >= 11 is 0.991. The molecule has 86 valence electrons. The van der Waals surface area contributed by atoms with Crippen LogP contribution in [-0.2, 0) is 9.59 Å². The number of rotatable bonds is 4. The predicted molar refractivity (Wildman–Crippen MR) is 64.8 cm³/mol. The van der Waals surface area contributed by atoms with E-state index in [1.165, 1.54) is 6.92 Å². The highest BCUT2D eigenvalue weighted by Gasteiger charge is 2.04. The van der Waals surface area contributed by atoms with Gasteiger partial charge >= 0.3 is 0 Å². The van der Waals surface area contributed by atoms with E-state index in [4.69, 9.17) is 4.74 Å². The number of methoxy groups -OCH3 is 1. The van der Waals surface area contributed by atoms with Gasteiger partial charge in [-0.25, -0.2) is 0 Å². The number of thioether (sulfide) groups is 1. The Labute approximate surface area is 98.4 Å². The second-order valence-corrected chi connectivity index (χ2v) is 4.21. The Morgan fingerprint density at radius 2 is 1.94 bits per heavy atom. The van der Waals surface area contributed by atoms with E-state index in [2.05, 4.69) is 5.32 Å². The number of ether oxygens (including phenoxy) is 1. The van der Waals surface area contributed by atoms with Gasteiger partial charge in [0.25, 0.3) is 0 Å². The molecule has 0 aliphatic rings. The van der Waals surface area contributed by atoms with Crippen LogP contribution in [0.25, 0.3) is 0 Å². The van der Waals surface area contributed by atoms with E-state index in [1.54, 1.807) is 31.4 Å². The Kier molecular flexibility index (Phi) is 4.85. The molecule has 1 amide bonds. The first-order valence-corrected chi connectivity index (χ1v) is 5.67. The number of hydrogen-bond acceptors (Lipinski definition) is 4. The summed E-state index contributed by atoms with van der Waals surface area (Å²) in [5.41, 5.74) is 0.690. The van der Waals surface area contributed by atoms with Crippen LogP contribution in [0.1, 0.15) is 6.92 Å². The average Bonchev–Trinajstić information content (AvgIpc) is 2.27. The highest BCUT2D eigenvalue weighted by Crippen LogP contribution is 2.15. The Morgan fingerprint density at radius 3 is 2.44 bits per heavy atom. The van der Waals surface area contributed by atoms with Crippen LogP contribution in [-0.4, -0.2) is 23.9 Å². The van der Waals surface area contributed by atoms with Crippen LogP contribution in [0.2, 0.25) is 0 Å². The molecule has 0 aromatic heterocycles. The summed E-state index contributed by atoms with van der Waals surface area (Å²) in [5, 5.41) is 2.62. The molecule has 0 spiro atoms. The quantitative estimate of drug-likeness (QED) is 0.872. The molecular weight excluding hydrogens is 226 g/mol. The Hall–Kier alpha value is -1.49. The first-order valence-electron chi connectivity index (χ1n) is 4.69. The fourth-order valence-electron chi connectivity index (χ4n) is 1.04. The maximum atomic E-state index is 11.4. The molecule has 1 N–H and O–H groups in total.